The molecular formula is C10H13NO3S. The number of aromatic nitrogens is 1. The molecule has 2 rings (SSSR count). The van der Waals surface area contributed by atoms with Gasteiger partial charge in [-0.15, -0.1) is 11.3 Å². The highest BCUT2D eigenvalue weighted by Gasteiger charge is 2.25. The molecule has 0 radical (unpaired) electrons. The molecule has 82 valence electrons. The van der Waals surface area contributed by atoms with E-state index in [0.29, 0.717) is 6.61 Å². The lowest BCUT2D eigenvalue weighted by molar-refractivity contribution is -0.155. The first-order valence-electron chi connectivity index (χ1n) is 4.95. The van der Waals surface area contributed by atoms with Crippen LogP contribution >= 0.6 is 11.3 Å². The molecule has 5 heteroatoms. The minimum absolute atomic E-state index is 0.261. The van der Waals surface area contributed by atoms with E-state index in [-0.39, 0.29) is 18.7 Å². The highest BCUT2D eigenvalue weighted by molar-refractivity contribution is 7.09. The number of carbonyl (C=O) groups excluding carboxylic acids is 1. The first kappa shape index (κ1) is 10.6. The zero-order valence-electron chi connectivity index (χ0n) is 8.56. The van der Waals surface area contributed by atoms with Gasteiger partial charge in [-0.3, -0.25) is 0 Å². The minimum atomic E-state index is -0.356. The van der Waals surface area contributed by atoms with Crippen LogP contribution in [0.2, 0.25) is 0 Å². The molecule has 0 N–H and O–H groups in total. The van der Waals surface area contributed by atoms with Gasteiger partial charge in [0.25, 0.3) is 0 Å². The van der Waals surface area contributed by atoms with Crippen LogP contribution in [0.1, 0.15) is 23.5 Å². The number of hydrogen-bond donors (Lipinski definition) is 0. The summed E-state index contributed by atoms with van der Waals surface area (Å²) in [6.45, 7) is 2.84. The summed E-state index contributed by atoms with van der Waals surface area (Å²) in [7, 11) is 0. The number of carbonyl (C=O) groups is 1. The topological polar surface area (TPSA) is 48.4 Å². The van der Waals surface area contributed by atoms with Crippen LogP contribution in [0.15, 0.2) is 5.38 Å². The van der Waals surface area contributed by atoms with Gasteiger partial charge >= 0.3 is 5.97 Å². The predicted molar refractivity (Wildman–Crippen MR) is 55.6 cm³/mol. The van der Waals surface area contributed by atoms with Gasteiger partial charge in [-0.1, -0.05) is 0 Å². The van der Waals surface area contributed by atoms with Crippen LogP contribution < -0.4 is 0 Å². The van der Waals surface area contributed by atoms with E-state index < -0.39 is 0 Å². The van der Waals surface area contributed by atoms with Crippen LogP contribution in [0.25, 0.3) is 0 Å². The molecule has 1 aliphatic rings. The number of nitrogens with zero attached hydrogens (tertiary/aromatic N) is 1. The monoisotopic (exact) mass is 227 g/mol. The number of aryl methyl sites for hydroxylation is 1. The second kappa shape index (κ2) is 4.72. The molecule has 1 aromatic rings. The van der Waals surface area contributed by atoms with Crippen molar-refractivity contribution >= 4 is 17.3 Å². The Bertz CT molecular complexity index is 344. The van der Waals surface area contributed by atoms with Crippen LogP contribution in [-0.2, 0) is 20.9 Å². The van der Waals surface area contributed by atoms with Crippen molar-refractivity contribution in [3.63, 3.8) is 0 Å². The van der Waals surface area contributed by atoms with Gasteiger partial charge in [0.2, 0.25) is 0 Å². The van der Waals surface area contributed by atoms with Crippen LogP contribution in [0.3, 0.4) is 0 Å². The van der Waals surface area contributed by atoms with Gasteiger partial charge in [-0.2, -0.15) is 0 Å². The fourth-order valence-electron chi connectivity index (χ4n) is 1.46. The summed E-state index contributed by atoms with van der Waals surface area (Å²) in [5.41, 5.74) is 0.961. The van der Waals surface area contributed by atoms with Crippen LogP contribution in [0, 0.1) is 6.92 Å². The first-order valence-corrected chi connectivity index (χ1v) is 5.83. The average Bonchev–Trinajstić information content (AvgIpc) is 2.84. The summed E-state index contributed by atoms with van der Waals surface area (Å²) < 4.78 is 10.3. The summed E-state index contributed by atoms with van der Waals surface area (Å²) in [4.78, 5) is 15.7. The average molecular weight is 227 g/mol. The van der Waals surface area contributed by atoms with E-state index in [9.17, 15) is 4.79 Å². The second-order valence-electron chi connectivity index (χ2n) is 3.49. The van der Waals surface area contributed by atoms with Gasteiger partial charge in [0, 0.05) is 17.7 Å². The van der Waals surface area contributed by atoms with Crippen LogP contribution in [0.4, 0.5) is 0 Å². The van der Waals surface area contributed by atoms with E-state index >= 15 is 0 Å². The van der Waals surface area contributed by atoms with Crippen molar-refractivity contribution in [1.82, 2.24) is 4.98 Å². The van der Waals surface area contributed by atoms with Gasteiger partial charge in [0.15, 0.2) is 6.10 Å². The van der Waals surface area contributed by atoms with E-state index in [4.69, 9.17) is 9.47 Å². The quantitative estimate of drug-likeness (QED) is 0.737. The van der Waals surface area contributed by atoms with E-state index in [1.807, 2.05) is 12.3 Å². The van der Waals surface area contributed by atoms with Gasteiger partial charge in [-0.05, 0) is 19.8 Å². The summed E-state index contributed by atoms with van der Waals surface area (Å²) >= 11 is 1.50. The summed E-state index contributed by atoms with van der Waals surface area (Å²) in [5.74, 6) is -0.264. The van der Waals surface area contributed by atoms with Crippen LogP contribution in [-0.4, -0.2) is 23.7 Å². The largest absolute Gasteiger partial charge is 0.456 e. The Kier molecular flexibility index (Phi) is 3.33. The smallest absolute Gasteiger partial charge is 0.335 e. The Balaban J connectivity index is 1.80. The highest BCUT2D eigenvalue weighted by atomic mass is 32.1. The van der Waals surface area contributed by atoms with Gasteiger partial charge in [0.05, 0.1) is 0 Å². The molecule has 1 atom stereocenters. The molecule has 0 saturated carbocycles. The Morgan fingerprint density at radius 2 is 2.67 bits per heavy atom. The maximum Gasteiger partial charge on any atom is 0.335 e. The summed E-state index contributed by atoms with van der Waals surface area (Å²) in [5, 5.41) is 2.77. The molecular weight excluding hydrogens is 214 g/mol. The second-order valence-corrected chi connectivity index (χ2v) is 4.43. The predicted octanol–water partition coefficient (Wildman–Crippen LogP) is 1.67. The molecule has 4 nitrogen and oxygen atoms in total. The molecule has 1 saturated heterocycles. The molecule has 2 heterocycles. The zero-order valence-corrected chi connectivity index (χ0v) is 9.38. The third-order valence-corrected chi connectivity index (χ3v) is 3.14. The maximum absolute atomic E-state index is 11.5. The van der Waals surface area contributed by atoms with Crippen molar-refractivity contribution in [1.29, 1.82) is 0 Å². The molecule has 0 amide bonds. The Morgan fingerprint density at radius 1 is 1.80 bits per heavy atom. The molecule has 0 spiro atoms. The maximum atomic E-state index is 11.5. The molecule has 0 unspecified atom stereocenters. The Labute approximate surface area is 92.2 Å². The Morgan fingerprint density at radius 3 is 3.27 bits per heavy atom. The summed E-state index contributed by atoms with van der Waals surface area (Å²) in [6.07, 6.45) is 1.36. The molecule has 1 fully saturated rings. The van der Waals surface area contributed by atoms with Crippen molar-refractivity contribution in [2.24, 2.45) is 0 Å². The third-order valence-electron chi connectivity index (χ3n) is 2.20. The van der Waals surface area contributed by atoms with E-state index in [2.05, 4.69) is 4.98 Å². The lowest BCUT2D eigenvalue weighted by Gasteiger charge is -2.07. The van der Waals surface area contributed by atoms with E-state index in [1.54, 1.807) is 0 Å². The van der Waals surface area contributed by atoms with Crippen molar-refractivity contribution < 1.29 is 14.3 Å². The van der Waals surface area contributed by atoms with Gasteiger partial charge in [-0.25, -0.2) is 9.78 Å². The first-order chi connectivity index (χ1) is 7.25. The van der Waals surface area contributed by atoms with E-state index in [1.165, 1.54) is 11.3 Å². The number of rotatable bonds is 3. The number of thiazole rings is 1. The number of hydrogen-bond acceptors (Lipinski definition) is 5. The molecule has 1 aliphatic heterocycles. The molecule has 0 bridgehead atoms. The lowest BCUT2D eigenvalue weighted by Crippen LogP contribution is -2.21. The Hall–Kier alpha value is -0.940. The van der Waals surface area contributed by atoms with Crippen molar-refractivity contribution in [2.75, 3.05) is 6.61 Å². The van der Waals surface area contributed by atoms with E-state index in [0.717, 1.165) is 23.5 Å². The molecule has 1 aromatic heterocycles. The molecule has 15 heavy (non-hydrogen) atoms. The third kappa shape index (κ3) is 2.76. The summed E-state index contributed by atoms with van der Waals surface area (Å²) in [6, 6.07) is 0. The number of ether oxygens (including phenoxy) is 2. The minimum Gasteiger partial charge on any atom is -0.456 e. The molecule has 0 aromatic carbocycles. The number of esters is 1. The van der Waals surface area contributed by atoms with Gasteiger partial charge in [0.1, 0.15) is 11.6 Å². The normalized spacial score (nSPS) is 20.5. The molecule has 0 aliphatic carbocycles. The fourth-order valence-corrected chi connectivity index (χ4v) is 2.14. The fraction of sp³-hybridized carbons (Fsp3) is 0.600. The van der Waals surface area contributed by atoms with Crippen LogP contribution in [0.5, 0.6) is 0 Å². The zero-order chi connectivity index (χ0) is 10.7. The van der Waals surface area contributed by atoms with Gasteiger partial charge < -0.3 is 9.47 Å². The SMILES string of the molecule is Cc1csc(COC(=O)[C@@H]2CCCO2)n1. The highest BCUT2D eigenvalue weighted by Crippen LogP contribution is 2.15. The van der Waals surface area contributed by atoms with Crippen molar-refractivity contribution in [3.8, 4) is 0 Å². The van der Waals surface area contributed by atoms with Crippen molar-refractivity contribution in [3.05, 3.63) is 16.1 Å². The van der Waals surface area contributed by atoms with Crippen molar-refractivity contribution in [2.45, 2.75) is 32.5 Å². The standard InChI is InChI=1S/C10H13NO3S/c1-7-6-15-9(11-7)5-14-10(12)8-3-2-4-13-8/h6,8H,2-5H2,1H3/t8-/m0/s1. The lowest BCUT2D eigenvalue weighted by atomic mass is 10.2.